The van der Waals surface area contributed by atoms with Crippen LogP contribution in [0.2, 0.25) is 0 Å². The predicted octanol–water partition coefficient (Wildman–Crippen LogP) is 2.22. The van der Waals surface area contributed by atoms with Crippen LogP contribution in [-0.4, -0.2) is 31.2 Å². The largest absolute Gasteiger partial charge is 0.486 e. The summed E-state index contributed by atoms with van der Waals surface area (Å²) in [5.41, 5.74) is 1.07. The summed E-state index contributed by atoms with van der Waals surface area (Å²) >= 11 is 5.32. The van der Waals surface area contributed by atoms with E-state index < -0.39 is 0 Å². The molecule has 0 aliphatic carbocycles. The molecular weight excluding hydrogens is 340 g/mol. The molecule has 2 N–H and O–H groups in total. The van der Waals surface area contributed by atoms with Crippen molar-refractivity contribution < 1.29 is 18.9 Å². The van der Waals surface area contributed by atoms with Gasteiger partial charge in [0.05, 0.1) is 6.54 Å². The van der Waals surface area contributed by atoms with Crippen LogP contribution in [0.15, 0.2) is 42.5 Å². The van der Waals surface area contributed by atoms with E-state index in [1.807, 2.05) is 42.5 Å². The highest BCUT2D eigenvalue weighted by molar-refractivity contribution is 7.80. The number of thiocarbonyl (C=S) groups is 1. The van der Waals surface area contributed by atoms with Crippen molar-refractivity contribution in [2.45, 2.75) is 12.6 Å². The van der Waals surface area contributed by atoms with Crippen LogP contribution in [0, 0.1) is 0 Å². The van der Waals surface area contributed by atoms with Gasteiger partial charge in [0.25, 0.3) is 0 Å². The SMILES string of the molecule is S=C(NCc1ccc2c(c1)OCO2)NC[C@@H]1COc2ccccc2O1. The quantitative estimate of drug-likeness (QED) is 0.813. The first kappa shape index (κ1) is 15.8. The van der Waals surface area contributed by atoms with Crippen LogP contribution >= 0.6 is 12.2 Å². The average Bonchev–Trinajstić information content (AvgIpc) is 3.12. The number of ether oxygens (including phenoxy) is 4. The van der Waals surface area contributed by atoms with Gasteiger partial charge in [-0.3, -0.25) is 0 Å². The summed E-state index contributed by atoms with van der Waals surface area (Å²) in [4.78, 5) is 0. The summed E-state index contributed by atoms with van der Waals surface area (Å²) < 4.78 is 22.3. The van der Waals surface area contributed by atoms with Gasteiger partial charge in [-0.2, -0.15) is 0 Å². The van der Waals surface area contributed by atoms with Crippen molar-refractivity contribution in [3.63, 3.8) is 0 Å². The summed E-state index contributed by atoms with van der Waals surface area (Å²) in [6.45, 7) is 1.95. The van der Waals surface area contributed by atoms with Crippen LogP contribution in [-0.2, 0) is 6.54 Å². The molecule has 4 rings (SSSR count). The Bertz CT molecular complexity index is 783. The van der Waals surface area contributed by atoms with Gasteiger partial charge < -0.3 is 29.6 Å². The normalized spacial score (nSPS) is 17.0. The Morgan fingerprint density at radius 1 is 0.960 bits per heavy atom. The summed E-state index contributed by atoms with van der Waals surface area (Å²) in [6.07, 6.45) is -0.0832. The fourth-order valence-electron chi connectivity index (χ4n) is 2.67. The lowest BCUT2D eigenvalue weighted by molar-refractivity contribution is 0.0937. The standard InChI is InChI=1S/C18H18N2O4S/c25-18(19-8-12-5-6-15-17(7-12)23-11-22-15)20-9-13-10-21-14-3-1-2-4-16(14)24-13/h1-7,13H,8-11H2,(H2,19,20,25)/t13-/m1/s1. The molecule has 0 aromatic heterocycles. The molecule has 0 amide bonds. The molecule has 2 aromatic rings. The molecule has 130 valence electrons. The van der Waals surface area contributed by atoms with E-state index >= 15 is 0 Å². The minimum Gasteiger partial charge on any atom is -0.486 e. The maximum Gasteiger partial charge on any atom is 0.231 e. The van der Waals surface area contributed by atoms with Gasteiger partial charge in [-0.25, -0.2) is 0 Å². The molecule has 0 fully saturated rings. The first-order valence-corrected chi connectivity index (χ1v) is 8.47. The van der Waals surface area contributed by atoms with E-state index in [1.54, 1.807) is 0 Å². The first-order chi connectivity index (χ1) is 12.3. The number of nitrogens with one attached hydrogen (secondary N) is 2. The Labute approximate surface area is 151 Å². The molecule has 0 spiro atoms. The third-order valence-electron chi connectivity index (χ3n) is 3.95. The van der Waals surface area contributed by atoms with Crippen molar-refractivity contribution in [2.75, 3.05) is 19.9 Å². The van der Waals surface area contributed by atoms with Gasteiger partial charge in [0.2, 0.25) is 6.79 Å². The monoisotopic (exact) mass is 358 g/mol. The van der Waals surface area contributed by atoms with E-state index in [2.05, 4.69) is 10.6 Å². The van der Waals surface area contributed by atoms with Crippen LogP contribution in [0.3, 0.4) is 0 Å². The van der Waals surface area contributed by atoms with E-state index in [-0.39, 0.29) is 12.9 Å². The highest BCUT2D eigenvalue weighted by atomic mass is 32.1. The lowest BCUT2D eigenvalue weighted by Gasteiger charge is -2.27. The topological polar surface area (TPSA) is 61.0 Å². The molecule has 2 aliphatic rings. The fourth-order valence-corrected chi connectivity index (χ4v) is 2.82. The zero-order chi connectivity index (χ0) is 17.1. The molecular formula is C18H18N2O4S. The van der Waals surface area contributed by atoms with Gasteiger partial charge in [0.1, 0.15) is 12.7 Å². The molecule has 2 aliphatic heterocycles. The number of fused-ring (bicyclic) bond motifs is 2. The third-order valence-corrected chi connectivity index (χ3v) is 4.24. The Hall–Kier alpha value is -2.67. The van der Waals surface area contributed by atoms with Crippen LogP contribution in [0.1, 0.15) is 5.56 Å². The van der Waals surface area contributed by atoms with Gasteiger partial charge >= 0.3 is 0 Å². The van der Waals surface area contributed by atoms with Gasteiger partial charge in [0.15, 0.2) is 28.1 Å². The number of hydrogen-bond donors (Lipinski definition) is 2. The van der Waals surface area contributed by atoms with E-state index in [0.29, 0.717) is 24.8 Å². The molecule has 7 heteroatoms. The van der Waals surface area contributed by atoms with Gasteiger partial charge in [0, 0.05) is 6.54 Å². The van der Waals surface area contributed by atoms with E-state index in [9.17, 15) is 0 Å². The maximum absolute atomic E-state index is 5.89. The third kappa shape index (κ3) is 3.71. The summed E-state index contributed by atoms with van der Waals surface area (Å²) in [5, 5.41) is 6.91. The molecule has 2 heterocycles. The van der Waals surface area contributed by atoms with Crippen molar-refractivity contribution in [1.82, 2.24) is 10.6 Å². The molecule has 0 unspecified atom stereocenters. The lowest BCUT2D eigenvalue weighted by Crippen LogP contribution is -2.44. The number of para-hydroxylation sites is 2. The number of hydrogen-bond acceptors (Lipinski definition) is 5. The number of benzene rings is 2. The Balaban J connectivity index is 1.23. The molecule has 6 nitrogen and oxygen atoms in total. The minimum atomic E-state index is -0.0832. The summed E-state index contributed by atoms with van der Waals surface area (Å²) in [6, 6.07) is 13.5. The van der Waals surface area contributed by atoms with Crippen molar-refractivity contribution in [2.24, 2.45) is 0 Å². The predicted molar refractivity (Wildman–Crippen MR) is 96.4 cm³/mol. The van der Waals surface area contributed by atoms with Crippen LogP contribution < -0.4 is 29.6 Å². The highest BCUT2D eigenvalue weighted by Gasteiger charge is 2.20. The van der Waals surface area contributed by atoms with Crippen LogP contribution in [0.5, 0.6) is 23.0 Å². The second kappa shape index (κ2) is 7.06. The van der Waals surface area contributed by atoms with E-state index in [1.165, 1.54) is 0 Å². The van der Waals surface area contributed by atoms with Gasteiger partial charge in [-0.05, 0) is 42.0 Å². The lowest BCUT2D eigenvalue weighted by atomic mass is 10.2. The van der Waals surface area contributed by atoms with Crippen LogP contribution in [0.4, 0.5) is 0 Å². The molecule has 2 aromatic carbocycles. The van der Waals surface area contributed by atoms with Crippen molar-refractivity contribution in [3.05, 3.63) is 48.0 Å². The van der Waals surface area contributed by atoms with Crippen LogP contribution in [0.25, 0.3) is 0 Å². The summed E-state index contributed by atoms with van der Waals surface area (Å²) in [5.74, 6) is 3.09. The summed E-state index contributed by atoms with van der Waals surface area (Å²) in [7, 11) is 0. The first-order valence-electron chi connectivity index (χ1n) is 8.06. The number of rotatable bonds is 4. The van der Waals surface area contributed by atoms with E-state index in [4.69, 9.17) is 31.2 Å². The smallest absolute Gasteiger partial charge is 0.231 e. The Morgan fingerprint density at radius 2 is 1.76 bits per heavy atom. The zero-order valence-electron chi connectivity index (χ0n) is 13.5. The van der Waals surface area contributed by atoms with Crippen molar-refractivity contribution in [3.8, 4) is 23.0 Å². The second-order valence-corrected chi connectivity index (χ2v) is 6.16. The van der Waals surface area contributed by atoms with E-state index in [0.717, 1.165) is 28.6 Å². The van der Waals surface area contributed by atoms with Crippen molar-refractivity contribution >= 4 is 17.3 Å². The minimum absolute atomic E-state index is 0.0832. The highest BCUT2D eigenvalue weighted by Crippen LogP contribution is 2.32. The van der Waals surface area contributed by atoms with Gasteiger partial charge in [-0.15, -0.1) is 0 Å². The molecule has 0 bridgehead atoms. The fraction of sp³-hybridized carbons (Fsp3) is 0.278. The molecule has 0 radical (unpaired) electrons. The molecule has 1 atom stereocenters. The van der Waals surface area contributed by atoms with Crippen molar-refractivity contribution in [1.29, 1.82) is 0 Å². The maximum atomic E-state index is 5.89. The average molecular weight is 358 g/mol. The Kier molecular flexibility index (Phi) is 4.47. The molecule has 0 saturated heterocycles. The molecule has 25 heavy (non-hydrogen) atoms. The zero-order valence-corrected chi connectivity index (χ0v) is 14.3. The molecule has 0 saturated carbocycles. The second-order valence-electron chi connectivity index (χ2n) is 5.75. The Morgan fingerprint density at radius 3 is 2.68 bits per heavy atom. The van der Waals surface area contributed by atoms with Gasteiger partial charge in [-0.1, -0.05) is 18.2 Å².